The quantitative estimate of drug-likeness (QED) is 0.818. The molecule has 100 valence electrons. The Kier molecular flexibility index (Phi) is 5.03. The van der Waals surface area contributed by atoms with Crippen molar-refractivity contribution < 1.29 is 5.11 Å². The van der Waals surface area contributed by atoms with E-state index in [-0.39, 0.29) is 0 Å². The number of halogens is 2. The first-order chi connectivity index (χ1) is 9.13. The number of hydrogen-bond acceptors (Lipinski definition) is 1. The lowest BCUT2D eigenvalue weighted by Crippen LogP contribution is -2.01. The molecule has 0 heterocycles. The van der Waals surface area contributed by atoms with Gasteiger partial charge in [0.2, 0.25) is 0 Å². The number of aryl methyl sites for hydroxylation is 1. The summed E-state index contributed by atoms with van der Waals surface area (Å²) in [6.45, 7) is 2.16. The van der Waals surface area contributed by atoms with Crippen LogP contribution in [0.2, 0.25) is 5.02 Å². The van der Waals surface area contributed by atoms with E-state index in [1.807, 2.05) is 30.3 Å². The molecule has 0 bridgehead atoms. The molecule has 0 aliphatic rings. The molecule has 0 aromatic heterocycles. The lowest BCUT2D eigenvalue weighted by Gasteiger charge is -2.14. The molecule has 1 atom stereocenters. The highest BCUT2D eigenvalue weighted by Crippen LogP contribution is 2.33. The minimum atomic E-state index is -0.694. The van der Waals surface area contributed by atoms with Crippen LogP contribution in [0.15, 0.2) is 46.9 Å². The first-order valence-electron chi connectivity index (χ1n) is 6.34. The Bertz CT molecular complexity index is 551. The van der Waals surface area contributed by atoms with E-state index in [2.05, 4.69) is 35.0 Å². The van der Waals surface area contributed by atoms with Gasteiger partial charge >= 0.3 is 0 Å². The van der Waals surface area contributed by atoms with Gasteiger partial charge in [0.15, 0.2) is 0 Å². The van der Waals surface area contributed by atoms with E-state index in [1.165, 1.54) is 5.56 Å². The standard InChI is InChI=1S/C16H16BrClO/c1-2-4-11-7-9-12(10-8-11)16(19)13-5-3-6-14(17)15(13)18/h3,5-10,16,19H,2,4H2,1H3. The molecule has 2 rings (SSSR count). The minimum Gasteiger partial charge on any atom is -0.384 e. The third kappa shape index (κ3) is 3.38. The summed E-state index contributed by atoms with van der Waals surface area (Å²) in [6.07, 6.45) is 1.49. The van der Waals surface area contributed by atoms with Gasteiger partial charge in [-0.15, -0.1) is 0 Å². The minimum absolute atomic E-state index is 0.563. The van der Waals surface area contributed by atoms with E-state index < -0.39 is 6.10 Å². The van der Waals surface area contributed by atoms with Crippen LogP contribution in [-0.2, 0) is 6.42 Å². The predicted molar refractivity (Wildman–Crippen MR) is 83.7 cm³/mol. The van der Waals surface area contributed by atoms with Crippen molar-refractivity contribution in [3.05, 3.63) is 68.7 Å². The molecule has 0 aliphatic heterocycles. The van der Waals surface area contributed by atoms with Crippen LogP contribution in [0, 0.1) is 0 Å². The highest BCUT2D eigenvalue weighted by atomic mass is 79.9. The Labute approximate surface area is 127 Å². The van der Waals surface area contributed by atoms with Gasteiger partial charge in [-0.2, -0.15) is 0 Å². The number of hydrogen-bond donors (Lipinski definition) is 1. The molecule has 19 heavy (non-hydrogen) atoms. The van der Waals surface area contributed by atoms with Crippen LogP contribution in [0.4, 0.5) is 0 Å². The van der Waals surface area contributed by atoms with Crippen molar-refractivity contribution in [1.82, 2.24) is 0 Å². The Morgan fingerprint density at radius 2 is 1.84 bits per heavy atom. The van der Waals surface area contributed by atoms with Gasteiger partial charge < -0.3 is 5.11 Å². The highest BCUT2D eigenvalue weighted by Gasteiger charge is 2.15. The number of aliphatic hydroxyl groups excluding tert-OH is 1. The monoisotopic (exact) mass is 338 g/mol. The first kappa shape index (κ1) is 14.6. The summed E-state index contributed by atoms with van der Waals surface area (Å²) in [7, 11) is 0. The lowest BCUT2D eigenvalue weighted by molar-refractivity contribution is 0.220. The van der Waals surface area contributed by atoms with Crippen molar-refractivity contribution in [3.8, 4) is 0 Å². The average Bonchev–Trinajstić information content (AvgIpc) is 2.42. The van der Waals surface area contributed by atoms with Gasteiger partial charge in [-0.25, -0.2) is 0 Å². The zero-order chi connectivity index (χ0) is 13.8. The van der Waals surface area contributed by atoms with Gasteiger partial charge in [-0.05, 0) is 39.5 Å². The van der Waals surface area contributed by atoms with Crippen LogP contribution in [0.5, 0.6) is 0 Å². The second-order valence-corrected chi connectivity index (χ2v) is 5.77. The van der Waals surface area contributed by atoms with Crippen LogP contribution >= 0.6 is 27.5 Å². The van der Waals surface area contributed by atoms with Gasteiger partial charge in [0.05, 0.1) is 5.02 Å². The number of aliphatic hydroxyl groups is 1. The van der Waals surface area contributed by atoms with Crippen LogP contribution in [0.1, 0.15) is 36.1 Å². The van der Waals surface area contributed by atoms with E-state index in [4.69, 9.17) is 11.6 Å². The molecule has 0 spiro atoms. The van der Waals surface area contributed by atoms with Crippen molar-refractivity contribution in [2.45, 2.75) is 25.9 Å². The topological polar surface area (TPSA) is 20.2 Å². The summed E-state index contributed by atoms with van der Waals surface area (Å²) in [5.74, 6) is 0. The van der Waals surface area contributed by atoms with Crippen LogP contribution in [0.25, 0.3) is 0 Å². The van der Waals surface area contributed by atoms with Crippen LogP contribution in [0.3, 0.4) is 0 Å². The fraction of sp³-hybridized carbons (Fsp3) is 0.250. The first-order valence-corrected chi connectivity index (χ1v) is 7.51. The molecule has 2 aromatic carbocycles. The van der Waals surface area contributed by atoms with E-state index in [0.717, 1.165) is 28.4 Å². The van der Waals surface area contributed by atoms with Crippen LogP contribution < -0.4 is 0 Å². The van der Waals surface area contributed by atoms with Crippen molar-refractivity contribution in [2.24, 2.45) is 0 Å². The number of rotatable bonds is 4. The van der Waals surface area contributed by atoms with E-state index in [1.54, 1.807) is 0 Å². The molecule has 1 N–H and O–H groups in total. The van der Waals surface area contributed by atoms with Crippen molar-refractivity contribution in [1.29, 1.82) is 0 Å². The molecular weight excluding hydrogens is 324 g/mol. The maximum Gasteiger partial charge on any atom is 0.106 e. The predicted octanol–water partition coefficient (Wildman–Crippen LogP) is 5.14. The largest absolute Gasteiger partial charge is 0.384 e. The number of benzene rings is 2. The van der Waals surface area contributed by atoms with Gasteiger partial charge in [0.1, 0.15) is 6.10 Å². The molecule has 0 aliphatic carbocycles. The zero-order valence-electron chi connectivity index (χ0n) is 10.7. The smallest absolute Gasteiger partial charge is 0.106 e. The normalized spacial score (nSPS) is 12.4. The maximum absolute atomic E-state index is 10.4. The van der Waals surface area contributed by atoms with E-state index in [0.29, 0.717) is 5.02 Å². The Hall–Kier alpha value is -0.830. The van der Waals surface area contributed by atoms with Crippen molar-refractivity contribution in [3.63, 3.8) is 0 Å². The summed E-state index contributed by atoms with van der Waals surface area (Å²) >= 11 is 9.59. The van der Waals surface area contributed by atoms with Crippen molar-refractivity contribution >= 4 is 27.5 Å². The summed E-state index contributed by atoms with van der Waals surface area (Å²) < 4.78 is 0.799. The molecule has 0 radical (unpaired) electrons. The molecule has 2 aromatic rings. The molecule has 0 saturated carbocycles. The van der Waals surface area contributed by atoms with Gasteiger partial charge in [0.25, 0.3) is 0 Å². The highest BCUT2D eigenvalue weighted by molar-refractivity contribution is 9.10. The third-order valence-corrected chi connectivity index (χ3v) is 4.42. The SMILES string of the molecule is CCCc1ccc(C(O)c2cccc(Br)c2Cl)cc1. The lowest BCUT2D eigenvalue weighted by atomic mass is 9.99. The second-order valence-electron chi connectivity index (χ2n) is 4.54. The second kappa shape index (κ2) is 6.56. The van der Waals surface area contributed by atoms with Gasteiger partial charge in [-0.3, -0.25) is 0 Å². The Morgan fingerprint density at radius 3 is 2.47 bits per heavy atom. The van der Waals surface area contributed by atoms with Crippen molar-refractivity contribution in [2.75, 3.05) is 0 Å². The summed E-state index contributed by atoms with van der Waals surface area (Å²) in [6, 6.07) is 13.6. The fourth-order valence-corrected chi connectivity index (χ4v) is 2.68. The average molecular weight is 340 g/mol. The Balaban J connectivity index is 2.28. The molecular formula is C16H16BrClO. The molecule has 0 saturated heterocycles. The van der Waals surface area contributed by atoms with Gasteiger partial charge in [-0.1, -0.05) is 61.3 Å². The molecule has 0 fully saturated rings. The fourth-order valence-electron chi connectivity index (χ4n) is 2.07. The van der Waals surface area contributed by atoms with E-state index >= 15 is 0 Å². The molecule has 1 nitrogen and oxygen atoms in total. The molecule has 1 unspecified atom stereocenters. The zero-order valence-corrected chi connectivity index (χ0v) is 13.1. The third-order valence-electron chi connectivity index (χ3n) is 3.11. The molecule has 3 heteroatoms. The van der Waals surface area contributed by atoms with E-state index in [9.17, 15) is 5.11 Å². The van der Waals surface area contributed by atoms with Crippen LogP contribution in [-0.4, -0.2) is 5.11 Å². The summed E-state index contributed by atoms with van der Waals surface area (Å²) in [5, 5.41) is 11.0. The van der Waals surface area contributed by atoms with Gasteiger partial charge in [0, 0.05) is 10.0 Å². The maximum atomic E-state index is 10.4. The Morgan fingerprint density at radius 1 is 1.16 bits per heavy atom. The molecule has 0 amide bonds. The summed E-state index contributed by atoms with van der Waals surface area (Å²) in [5.41, 5.74) is 2.87. The summed E-state index contributed by atoms with van der Waals surface area (Å²) in [4.78, 5) is 0.